The SMILES string of the molecule is COC(=O)c1ccc(COc2ccccc2/C=N\NC(=O)c2ccc(O)cc2)cc1. The van der Waals surface area contributed by atoms with Crippen LogP contribution in [-0.2, 0) is 11.3 Å². The molecule has 7 heteroatoms. The minimum atomic E-state index is -0.393. The van der Waals surface area contributed by atoms with Gasteiger partial charge in [-0.05, 0) is 54.1 Å². The molecule has 0 saturated heterocycles. The largest absolute Gasteiger partial charge is 0.508 e. The average molecular weight is 404 g/mol. The quantitative estimate of drug-likeness (QED) is 0.357. The van der Waals surface area contributed by atoms with Crippen molar-refractivity contribution in [1.29, 1.82) is 0 Å². The fourth-order valence-corrected chi connectivity index (χ4v) is 2.57. The molecule has 30 heavy (non-hydrogen) atoms. The molecule has 2 N–H and O–H groups in total. The standard InChI is InChI=1S/C23H20N2O5/c1-29-23(28)18-8-6-16(7-9-18)15-30-21-5-3-2-4-19(21)14-24-25-22(27)17-10-12-20(26)13-11-17/h2-14,26H,15H2,1H3,(H,25,27)/b24-14-. The first-order valence-corrected chi connectivity index (χ1v) is 9.08. The summed E-state index contributed by atoms with van der Waals surface area (Å²) in [4.78, 5) is 23.6. The summed E-state index contributed by atoms with van der Waals surface area (Å²) in [6.45, 7) is 0.298. The van der Waals surface area contributed by atoms with E-state index in [4.69, 9.17) is 4.74 Å². The van der Waals surface area contributed by atoms with Crippen LogP contribution in [0.5, 0.6) is 11.5 Å². The van der Waals surface area contributed by atoms with Crippen LogP contribution in [0.3, 0.4) is 0 Å². The van der Waals surface area contributed by atoms with Gasteiger partial charge in [0.15, 0.2) is 0 Å². The third kappa shape index (κ3) is 5.45. The number of amides is 1. The first-order valence-electron chi connectivity index (χ1n) is 9.08. The van der Waals surface area contributed by atoms with Crippen LogP contribution in [0.2, 0.25) is 0 Å². The molecule has 0 aromatic heterocycles. The number of hydrogen-bond acceptors (Lipinski definition) is 6. The summed E-state index contributed by atoms with van der Waals surface area (Å²) in [7, 11) is 1.34. The van der Waals surface area contributed by atoms with Crippen molar-refractivity contribution in [3.8, 4) is 11.5 Å². The number of rotatable bonds is 7. The number of esters is 1. The number of phenolic OH excluding ortho intramolecular Hbond substituents is 1. The molecule has 0 fully saturated rings. The van der Waals surface area contributed by atoms with Crippen LogP contribution in [0.1, 0.15) is 31.8 Å². The maximum absolute atomic E-state index is 12.1. The van der Waals surface area contributed by atoms with Gasteiger partial charge in [-0.25, -0.2) is 10.2 Å². The Morgan fingerprint density at radius 2 is 1.63 bits per heavy atom. The summed E-state index contributed by atoms with van der Waals surface area (Å²) in [5.41, 5.74) is 4.86. The Balaban J connectivity index is 1.61. The third-order valence-corrected chi connectivity index (χ3v) is 4.19. The van der Waals surface area contributed by atoms with Crippen molar-refractivity contribution < 1.29 is 24.2 Å². The van der Waals surface area contributed by atoms with Crippen LogP contribution in [0.25, 0.3) is 0 Å². The third-order valence-electron chi connectivity index (χ3n) is 4.19. The maximum atomic E-state index is 12.1. The number of benzene rings is 3. The van der Waals surface area contributed by atoms with E-state index in [9.17, 15) is 14.7 Å². The number of para-hydroxylation sites is 1. The van der Waals surface area contributed by atoms with Crippen molar-refractivity contribution in [2.75, 3.05) is 7.11 Å². The molecule has 1 amide bonds. The summed E-state index contributed by atoms with van der Waals surface area (Å²) in [5.74, 6) is -0.105. The minimum absolute atomic E-state index is 0.0843. The van der Waals surface area contributed by atoms with E-state index in [1.165, 1.54) is 37.6 Å². The molecule has 0 aliphatic heterocycles. The molecule has 0 aliphatic carbocycles. The smallest absolute Gasteiger partial charge is 0.337 e. The Bertz CT molecular complexity index is 1040. The van der Waals surface area contributed by atoms with Crippen LogP contribution in [-0.4, -0.2) is 30.3 Å². The molecular weight excluding hydrogens is 384 g/mol. The number of nitrogens with one attached hydrogen (secondary N) is 1. The zero-order chi connectivity index (χ0) is 21.3. The number of ether oxygens (including phenoxy) is 2. The van der Waals surface area contributed by atoms with Crippen molar-refractivity contribution in [3.05, 3.63) is 95.1 Å². The van der Waals surface area contributed by atoms with Crippen LogP contribution < -0.4 is 10.2 Å². The van der Waals surface area contributed by atoms with E-state index < -0.39 is 11.9 Å². The molecule has 0 unspecified atom stereocenters. The maximum Gasteiger partial charge on any atom is 0.337 e. The van der Waals surface area contributed by atoms with Crippen LogP contribution in [0, 0.1) is 0 Å². The van der Waals surface area contributed by atoms with E-state index in [-0.39, 0.29) is 5.75 Å². The normalized spacial score (nSPS) is 10.6. The highest BCUT2D eigenvalue weighted by molar-refractivity contribution is 5.95. The topological polar surface area (TPSA) is 97.2 Å². The highest BCUT2D eigenvalue weighted by atomic mass is 16.5. The molecule has 0 aliphatic rings. The summed E-state index contributed by atoms with van der Waals surface area (Å²) >= 11 is 0. The van der Waals surface area contributed by atoms with Crippen molar-refractivity contribution in [1.82, 2.24) is 5.43 Å². The lowest BCUT2D eigenvalue weighted by molar-refractivity contribution is 0.0600. The summed E-state index contributed by atoms with van der Waals surface area (Å²) < 4.78 is 10.5. The Morgan fingerprint density at radius 3 is 2.33 bits per heavy atom. The molecule has 0 radical (unpaired) electrons. The number of nitrogens with zero attached hydrogens (tertiary/aromatic N) is 1. The number of carbonyl (C=O) groups is 2. The van der Waals surface area contributed by atoms with Crippen molar-refractivity contribution in [2.24, 2.45) is 5.10 Å². The zero-order valence-corrected chi connectivity index (χ0v) is 16.2. The fraction of sp³-hybridized carbons (Fsp3) is 0.0870. The predicted molar refractivity (Wildman–Crippen MR) is 112 cm³/mol. The van der Waals surface area contributed by atoms with Gasteiger partial charge in [0, 0.05) is 11.1 Å². The van der Waals surface area contributed by atoms with E-state index in [0.29, 0.717) is 29.0 Å². The van der Waals surface area contributed by atoms with Gasteiger partial charge >= 0.3 is 5.97 Å². The fourth-order valence-electron chi connectivity index (χ4n) is 2.57. The van der Waals surface area contributed by atoms with Crippen LogP contribution in [0.15, 0.2) is 77.9 Å². The second kappa shape index (κ2) is 9.88. The Hall–Kier alpha value is -4.13. The lowest BCUT2D eigenvalue weighted by Gasteiger charge is -2.09. The summed E-state index contributed by atoms with van der Waals surface area (Å²) in [6, 6.07) is 20.1. The lowest BCUT2D eigenvalue weighted by atomic mass is 10.1. The van der Waals surface area contributed by atoms with E-state index >= 15 is 0 Å². The van der Waals surface area contributed by atoms with Gasteiger partial charge in [-0.3, -0.25) is 4.79 Å². The van der Waals surface area contributed by atoms with Crippen molar-refractivity contribution in [2.45, 2.75) is 6.61 Å². The van der Waals surface area contributed by atoms with E-state index in [1.54, 1.807) is 30.3 Å². The van der Waals surface area contributed by atoms with Gasteiger partial charge < -0.3 is 14.6 Å². The number of hydrogen-bond donors (Lipinski definition) is 2. The zero-order valence-electron chi connectivity index (χ0n) is 16.2. The molecule has 7 nitrogen and oxygen atoms in total. The highest BCUT2D eigenvalue weighted by Crippen LogP contribution is 2.18. The van der Waals surface area contributed by atoms with Gasteiger partial charge in [0.25, 0.3) is 5.91 Å². The van der Waals surface area contributed by atoms with Gasteiger partial charge in [-0.1, -0.05) is 24.3 Å². The van der Waals surface area contributed by atoms with E-state index in [1.807, 2.05) is 18.2 Å². The van der Waals surface area contributed by atoms with Gasteiger partial charge in [0.05, 0.1) is 18.9 Å². The summed E-state index contributed by atoms with van der Waals surface area (Å²) in [6.07, 6.45) is 1.49. The molecule has 0 bridgehead atoms. The molecule has 3 aromatic rings. The van der Waals surface area contributed by atoms with E-state index in [0.717, 1.165) is 5.56 Å². The Kier molecular flexibility index (Phi) is 6.78. The molecule has 0 saturated carbocycles. The first kappa shape index (κ1) is 20.6. The molecule has 0 spiro atoms. The first-order chi connectivity index (χ1) is 14.6. The van der Waals surface area contributed by atoms with Crippen molar-refractivity contribution >= 4 is 18.1 Å². The molecule has 3 aromatic carbocycles. The monoisotopic (exact) mass is 404 g/mol. The second-order valence-electron chi connectivity index (χ2n) is 6.26. The van der Waals surface area contributed by atoms with Crippen LogP contribution >= 0.6 is 0 Å². The number of hydrazone groups is 1. The molecule has 0 heterocycles. The van der Waals surface area contributed by atoms with Gasteiger partial charge in [-0.2, -0.15) is 5.10 Å². The number of carbonyl (C=O) groups excluding carboxylic acids is 2. The molecule has 152 valence electrons. The van der Waals surface area contributed by atoms with Gasteiger partial charge in [0.2, 0.25) is 0 Å². The predicted octanol–water partition coefficient (Wildman–Crippen LogP) is 3.52. The number of methoxy groups -OCH3 is 1. The molecular formula is C23H20N2O5. The number of phenols is 1. The lowest BCUT2D eigenvalue weighted by Crippen LogP contribution is -2.17. The highest BCUT2D eigenvalue weighted by Gasteiger charge is 2.07. The Labute approximate surface area is 173 Å². The van der Waals surface area contributed by atoms with Gasteiger partial charge in [0.1, 0.15) is 18.1 Å². The Morgan fingerprint density at radius 1 is 0.967 bits per heavy atom. The molecule has 3 rings (SSSR count). The van der Waals surface area contributed by atoms with E-state index in [2.05, 4.69) is 15.3 Å². The van der Waals surface area contributed by atoms with Gasteiger partial charge in [-0.15, -0.1) is 0 Å². The van der Waals surface area contributed by atoms with Crippen LogP contribution in [0.4, 0.5) is 0 Å². The average Bonchev–Trinajstić information content (AvgIpc) is 2.78. The molecule has 0 atom stereocenters. The minimum Gasteiger partial charge on any atom is -0.508 e. The summed E-state index contributed by atoms with van der Waals surface area (Å²) in [5, 5.41) is 13.3. The second-order valence-corrected chi connectivity index (χ2v) is 6.26. The van der Waals surface area contributed by atoms with Crippen molar-refractivity contribution in [3.63, 3.8) is 0 Å². The number of aromatic hydroxyl groups is 1.